The van der Waals surface area contributed by atoms with Crippen LogP contribution in [-0.4, -0.2) is 38.4 Å². The standard InChI is InChI=1S/C16H21N5O3S2/c1-8-9(2)25-14-11(8)13(22)17-12(18-14)10(3)26-16-20-19-15(23)21(16)6-5-7-24-4/h10H,5-7H2,1-4H3,(H,19,23)(H,17,18,22). The van der Waals surface area contributed by atoms with Gasteiger partial charge in [-0.3, -0.25) is 9.36 Å². The molecule has 1 atom stereocenters. The summed E-state index contributed by atoms with van der Waals surface area (Å²) in [6.45, 7) is 6.94. The Balaban J connectivity index is 1.87. The highest BCUT2D eigenvalue weighted by atomic mass is 32.2. The number of hydrogen-bond donors (Lipinski definition) is 2. The van der Waals surface area contributed by atoms with E-state index < -0.39 is 0 Å². The molecule has 0 aliphatic heterocycles. The number of nitrogens with one attached hydrogen (secondary N) is 2. The van der Waals surface area contributed by atoms with Crippen molar-refractivity contribution >= 4 is 33.3 Å². The van der Waals surface area contributed by atoms with Gasteiger partial charge in [-0.1, -0.05) is 11.8 Å². The van der Waals surface area contributed by atoms with E-state index in [4.69, 9.17) is 4.74 Å². The summed E-state index contributed by atoms with van der Waals surface area (Å²) in [5, 5.41) is 7.64. The van der Waals surface area contributed by atoms with Crippen molar-refractivity contribution in [2.45, 2.75) is 44.1 Å². The van der Waals surface area contributed by atoms with Crippen LogP contribution in [0.2, 0.25) is 0 Å². The van der Waals surface area contributed by atoms with Crippen molar-refractivity contribution < 1.29 is 4.74 Å². The lowest BCUT2D eigenvalue weighted by molar-refractivity contribution is 0.189. The Morgan fingerprint density at radius 1 is 1.35 bits per heavy atom. The van der Waals surface area contributed by atoms with E-state index in [0.29, 0.717) is 35.9 Å². The minimum absolute atomic E-state index is 0.126. The van der Waals surface area contributed by atoms with Crippen molar-refractivity contribution in [3.05, 3.63) is 37.1 Å². The van der Waals surface area contributed by atoms with Crippen molar-refractivity contribution in [3.8, 4) is 0 Å². The van der Waals surface area contributed by atoms with Crippen molar-refractivity contribution in [1.82, 2.24) is 24.7 Å². The predicted molar refractivity (Wildman–Crippen MR) is 103 cm³/mol. The molecular weight excluding hydrogens is 374 g/mol. The van der Waals surface area contributed by atoms with Crippen molar-refractivity contribution in [2.24, 2.45) is 0 Å². The average Bonchev–Trinajstić information content (AvgIpc) is 3.08. The minimum Gasteiger partial charge on any atom is -0.385 e. The first-order chi connectivity index (χ1) is 12.4. The number of nitrogens with zero attached hydrogens (tertiary/aromatic N) is 3. The van der Waals surface area contributed by atoms with Crippen molar-refractivity contribution in [2.75, 3.05) is 13.7 Å². The van der Waals surface area contributed by atoms with E-state index in [-0.39, 0.29) is 16.5 Å². The number of thiophene rings is 1. The fourth-order valence-corrected chi connectivity index (χ4v) is 4.61. The van der Waals surface area contributed by atoms with Crippen LogP contribution in [0.15, 0.2) is 14.7 Å². The highest BCUT2D eigenvalue weighted by molar-refractivity contribution is 7.99. The molecule has 0 aliphatic rings. The Morgan fingerprint density at radius 3 is 2.85 bits per heavy atom. The number of hydrogen-bond acceptors (Lipinski definition) is 7. The first-order valence-electron chi connectivity index (χ1n) is 8.23. The van der Waals surface area contributed by atoms with E-state index >= 15 is 0 Å². The van der Waals surface area contributed by atoms with Gasteiger partial charge in [0.1, 0.15) is 10.7 Å². The first kappa shape index (κ1) is 18.9. The molecule has 0 aromatic carbocycles. The van der Waals surface area contributed by atoms with Gasteiger partial charge in [-0.05, 0) is 32.8 Å². The van der Waals surface area contributed by atoms with Crippen LogP contribution in [0.3, 0.4) is 0 Å². The number of methoxy groups -OCH3 is 1. The van der Waals surface area contributed by atoms with E-state index in [1.165, 1.54) is 23.1 Å². The predicted octanol–water partition coefficient (Wildman–Crippen LogP) is 2.38. The number of ether oxygens (including phenoxy) is 1. The van der Waals surface area contributed by atoms with Gasteiger partial charge in [0.2, 0.25) is 0 Å². The molecule has 3 heterocycles. The zero-order valence-corrected chi connectivity index (χ0v) is 16.7. The van der Waals surface area contributed by atoms with E-state index in [0.717, 1.165) is 15.3 Å². The number of aromatic nitrogens is 5. The molecule has 3 rings (SSSR count). The zero-order valence-electron chi connectivity index (χ0n) is 15.1. The molecule has 2 N–H and O–H groups in total. The second kappa shape index (κ2) is 7.77. The van der Waals surface area contributed by atoms with Crippen LogP contribution < -0.4 is 11.2 Å². The number of fused-ring (bicyclic) bond motifs is 1. The van der Waals surface area contributed by atoms with Gasteiger partial charge in [0.05, 0.1) is 10.6 Å². The number of H-pyrrole nitrogens is 2. The van der Waals surface area contributed by atoms with Crippen LogP contribution in [0.25, 0.3) is 10.2 Å². The quantitative estimate of drug-likeness (QED) is 0.470. The Labute approximate surface area is 158 Å². The van der Waals surface area contributed by atoms with Gasteiger partial charge < -0.3 is 9.72 Å². The van der Waals surface area contributed by atoms with Gasteiger partial charge in [-0.25, -0.2) is 14.9 Å². The summed E-state index contributed by atoms with van der Waals surface area (Å²) < 4.78 is 6.61. The number of aryl methyl sites for hydroxylation is 2. The van der Waals surface area contributed by atoms with Crippen LogP contribution in [0.5, 0.6) is 0 Å². The van der Waals surface area contributed by atoms with Gasteiger partial charge in [0, 0.05) is 25.1 Å². The SMILES string of the molecule is COCCCn1c(SC(C)c2nc3sc(C)c(C)c3c(=O)[nH]2)n[nH]c1=O. The fraction of sp³-hybridized carbons (Fsp3) is 0.500. The molecule has 0 fully saturated rings. The summed E-state index contributed by atoms with van der Waals surface area (Å²) in [5.41, 5.74) is 0.598. The van der Waals surface area contributed by atoms with E-state index in [1.54, 1.807) is 11.7 Å². The Morgan fingerprint density at radius 2 is 2.12 bits per heavy atom. The number of thioether (sulfide) groups is 1. The molecule has 10 heteroatoms. The van der Waals surface area contributed by atoms with E-state index in [9.17, 15) is 9.59 Å². The molecule has 0 radical (unpaired) electrons. The van der Waals surface area contributed by atoms with Gasteiger partial charge >= 0.3 is 5.69 Å². The van der Waals surface area contributed by atoms with Crippen LogP contribution >= 0.6 is 23.1 Å². The highest BCUT2D eigenvalue weighted by Crippen LogP contribution is 2.33. The Kier molecular flexibility index (Phi) is 5.64. The Hall–Kier alpha value is -1.91. The van der Waals surface area contributed by atoms with Crippen LogP contribution in [0.1, 0.15) is 34.9 Å². The van der Waals surface area contributed by atoms with Crippen LogP contribution in [-0.2, 0) is 11.3 Å². The minimum atomic E-state index is -0.253. The maximum Gasteiger partial charge on any atom is 0.343 e. The largest absolute Gasteiger partial charge is 0.385 e. The molecule has 3 aromatic rings. The third-order valence-electron chi connectivity index (χ3n) is 4.18. The van der Waals surface area contributed by atoms with Crippen molar-refractivity contribution in [3.63, 3.8) is 0 Å². The molecule has 140 valence electrons. The lowest BCUT2D eigenvalue weighted by atomic mass is 10.2. The lowest BCUT2D eigenvalue weighted by Gasteiger charge is -2.11. The topological polar surface area (TPSA) is 106 Å². The third-order valence-corrected chi connectivity index (χ3v) is 6.38. The molecular formula is C16H21N5O3S2. The van der Waals surface area contributed by atoms with Gasteiger partial charge in [-0.15, -0.1) is 16.4 Å². The van der Waals surface area contributed by atoms with E-state index in [1.807, 2.05) is 20.8 Å². The molecule has 3 aromatic heterocycles. The monoisotopic (exact) mass is 395 g/mol. The first-order valence-corrected chi connectivity index (χ1v) is 9.92. The average molecular weight is 396 g/mol. The van der Waals surface area contributed by atoms with Gasteiger partial charge in [-0.2, -0.15) is 0 Å². The maximum atomic E-state index is 12.4. The molecule has 0 saturated heterocycles. The maximum absolute atomic E-state index is 12.4. The molecule has 0 saturated carbocycles. The zero-order chi connectivity index (χ0) is 18.8. The summed E-state index contributed by atoms with van der Waals surface area (Å²) in [7, 11) is 1.63. The van der Waals surface area contributed by atoms with Gasteiger partial charge in [0.15, 0.2) is 5.16 Å². The molecule has 0 bridgehead atoms. The van der Waals surface area contributed by atoms with Crippen molar-refractivity contribution in [1.29, 1.82) is 0 Å². The summed E-state index contributed by atoms with van der Waals surface area (Å²) >= 11 is 2.90. The van der Waals surface area contributed by atoms with E-state index in [2.05, 4.69) is 20.2 Å². The summed E-state index contributed by atoms with van der Waals surface area (Å²) in [4.78, 5) is 33.7. The van der Waals surface area contributed by atoms with Crippen LogP contribution in [0, 0.1) is 13.8 Å². The third kappa shape index (κ3) is 3.62. The normalized spacial score (nSPS) is 12.8. The lowest BCUT2D eigenvalue weighted by Crippen LogP contribution is -2.19. The number of aromatic amines is 2. The molecule has 8 nitrogen and oxygen atoms in total. The molecule has 0 amide bonds. The van der Waals surface area contributed by atoms with Gasteiger partial charge in [0.25, 0.3) is 5.56 Å². The Bertz CT molecular complexity index is 1030. The molecule has 0 aliphatic carbocycles. The second-order valence-electron chi connectivity index (χ2n) is 5.98. The van der Waals surface area contributed by atoms with Crippen LogP contribution in [0.4, 0.5) is 0 Å². The molecule has 0 spiro atoms. The summed E-state index contributed by atoms with van der Waals surface area (Å²) in [5.74, 6) is 0.577. The molecule has 26 heavy (non-hydrogen) atoms. The summed E-state index contributed by atoms with van der Waals surface area (Å²) in [6, 6.07) is 0. The second-order valence-corrected chi connectivity index (χ2v) is 8.50. The smallest absolute Gasteiger partial charge is 0.343 e. The number of rotatable bonds is 7. The fourth-order valence-electron chi connectivity index (χ4n) is 2.64. The summed E-state index contributed by atoms with van der Waals surface area (Å²) in [6.07, 6.45) is 0.715. The highest BCUT2D eigenvalue weighted by Gasteiger charge is 2.19. The molecule has 1 unspecified atom stereocenters.